The average molecular weight is 328 g/mol. The van der Waals surface area contributed by atoms with Gasteiger partial charge in [-0.15, -0.1) is 0 Å². The van der Waals surface area contributed by atoms with Crippen LogP contribution in [0.4, 0.5) is 0 Å². The molecule has 0 radical (unpaired) electrons. The molecular weight excluding hydrogens is 304 g/mol. The minimum atomic E-state index is -0.217. The Morgan fingerprint density at radius 1 is 1.38 bits per heavy atom. The molecule has 1 aromatic heterocycles. The number of carbonyl (C=O) groups is 1. The van der Waals surface area contributed by atoms with Gasteiger partial charge in [-0.3, -0.25) is 4.79 Å². The van der Waals surface area contributed by atoms with Crippen molar-refractivity contribution in [3.63, 3.8) is 0 Å². The first-order valence-corrected chi connectivity index (χ1v) is 8.35. The van der Waals surface area contributed by atoms with Crippen molar-refractivity contribution in [1.29, 1.82) is 0 Å². The maximum absolute atomic E-state index is 12.5. The molecule has 24 heavy (non-hydrogen) atoms. The molecule has 1 fully saturated rings. The van der Waals surface area contributed by atoms with E-state index in [0.717, 1.165) is 36.6 Å². The lowest BCUT2D eigenvalue weighted by atomic mass is 9.85. The van der Waals surface area contributed by atoms with Gasteiger partial charge in [-0.05, 0) is 51.0 Å². The van der Waals surface area contributed by atoms with Crippen LogP contribution in [0.15, 0.2) is 24.3 Å². The lowest BCUT2D eigenvalue weighted by Crippen LogP contribution is -2.44. The summed E-state index contributed by atoms with van der Waals surface area (Å²) in [6.07, 6.45) is 2.89. The summed E-state index contributed by atoms with van der Waals surface area (Å²) in [6.45, 7) is 5.88. The van der Waals surface area contributed by atoms with Crippen molar-refractivity contribution in [2.75, 3.05) is 6.61 Å². The largest absolute Gasteiger partial charge is 0.396 e. The monoisotopic (exact) mass is 328 g/mol. The Labute approximate surface area is 141 Å². The quantitative estimate of drug-likeness (QED) is 0.901. The van der Waals surface area contributed by atoms with Crippen LogP contribution in [0.2, 0.25) is 0 Å². The first kappa shape index (κ1) is 16.6. The fourth-order valence-electron chi connectivity index (χ4n) is 3.43. The third-order valence-corrected chi connectivity index (χ3v) is 5.00. The molecule has 1 amide bonds. The van der Waals surface area contributed by atoms with Crippen LogP contribution in [0.1, 0.15) is 48.2 Å². The highest BCUT2D eigenvalue weighted by atomic mass is 16.3. The molecule has 2 atom stereocenters. The van der Waals surface area contributed by atoms with Crippen LogP contribution in [0.5, 0.6) is 0 Å². The number of nitrogens with zero attached hydrogens (tertiary/aromatic N) is 3. The van der Waals surface area contributed by atoms with Crippen LogP contribution < -0.4 is 5.32 Å². The van der Waals surface area contributed by atoms with Crippen LogP contribution in [0, 0.1) is 19.3 Å². The third kappa shape index (κ3) is 3.06. The second kappa shape index (κ2) is 6.36. The van der Waals surface area contributed by atoms with Crippen molar-refractivity contribution >= 4 is 5.91 Å². The number of aryl methyl sites for hydroxylation is 2. The number of hydrogen-bond donors (Lipinski definition) is 2. The molecule has 3 rings (SSSR count). The Balaban J connectivity index is 1.74. The van der Waals surface area contributed by atoms with Gasteiger partial charge in [0.25, 0.3) is 5.91 Å². The molecule has 0 bridgehead atoms. The molecule has 1 aliphatic carbocycles. The van der Waals surface area contributed by atoms with E-state index in [1.54, 1.807) is 16.8 Å². The van der Waals surface area contributed by atoms with Crippen LogP contribution in [-0.2, 0) is 0 Å². The Hall–Kier alpha value is -2.21. The number of aliphatic hydroxyl groups excluding tert-OH is 1. The van der Waals surface area contributed by atoms with Gasteiger partial charge in [0.2, 0.25) is 0 Å². The summed E-state index contributed by atoms with van der Waals surface area (Å²) in [5.74, 6) is 1.44. The van der Waals surface area contributed by atoms with Gasteiger partial charge in [0.1, 0.15) is 11.6 Å². The van der Waals surface area contributed by atoms with Crippen LogP contribution in [-0.4, -0.2) is 38.4 Å². The number of hydrogen-bond acceptors (Lipinski definition) is 4. The standard InChI is InChI=1S/C18H24N4O2/c1-12-19-13(2)22(21-12)15-8-6-14(7-9-15)17(24)20-16-5-4-10-18(16,3)11-23/h6-9,16,23H,4-5,10-11H2,1-3H3,(H,20,24). The van der Waals surface area contributed by atoms with E-state index in [9.17, 15) is 9.90 Å². The summed E-state index contributed by atoms with van der Waals surface area (Å²) in [5.41, 5.74) is 1.27. The second-order valence-electron chi connectivity index (χ2n) is 6.90. The highest BCUT2D eigenvalue weighted by Crippen LogP contribution is 2.37. The molecule has 1 saturated carbocycles. The molecule has 1 aromatic carbocycles. The SMILES string of the molecule is Cc1nc(C)n(-c2ccc(C(=O)NC3CCCC3(C)CO)cc2)n1. The van der Waals surface area contributed by atoms with E-state index in [4.69, 9.17) is 0 Å². The van der Waals surface area contributed by atoms with Crippen LogP contribution in [0.3, 0.4) is 0 Å². The zero-order chi connectivity index (χ0) is 17.3. The van der Waals surface area contributed by atoms with Crippen molar-refractivity contribution in [1.82, 2.24) is 20.1 Å². The molecular formula is C18H24N4O2. The van der Waals surface area contributed by atoms with Gasteiger partial charge in [0, 0.05) is 17.0 Å². The predicted octanol–water partition coefficient (Wildman–Crippen LogP) is 2.17. The first-order chi connectivity index (χ1) is 11.4. The number of aliphatic hydroxyl groups is 1. The molecule has 6 nitrogen and oxygen atoms in total. The lowest BCUT2D eigenvalue weighted by Gasteiger charge is -2.30. The summed E-state index contributed by atoms with van der Waals surface area (Å²) in [6, 6.07) is 7.36. The van der Waals surface area contributed by atoms with Crippen molar-refractivity contribution in [3.05, 3.63) is 41.5 Å². The van der Waals surface area contributed by atoms with E-state index >= 15 is 0 Å². The van der Waals surface area contributed by atoms with Gasteiger partial charge in [-0.2, -0.15) is 5.10 Å². The number of aromatic nitrogens is 3. The molecule has 0 aliphatic heterocycles. The topological polar surface area (TPSA) is 80.0 Å². The smallest absolute Gasteiger partial charge is 0.251 e. The summed E-state index contributed by atoms with van der Waals surface area (Å²) in [5, 5.41) is 17.0. The molecule has 0 saturated heterocycles. The molecule has 128 valence electrons. The van der Waals surface area contributed by atoms with Crippen molar-refractivity contribution in [2.24, 2.45) is 5.41 Å². The minimum Gasteiger partial charge on any atom is -0.396 e. The highest BCUT2D eigenvalue weighted by Gasteiger charge is 2.39. The number of carbonyl (C=O) groups excluding carboxylic acids is 1. The van der Waals surface area contributed by atoms with Gasteiger partial charge in [0.05, 0.1) is 12.3 Å². The lowest BCUT2D eigenvalue weighted by molar-refractivity contribution is 0.0830. The van der Waals surface area contributed by atoms with Crippen molar-refractivity contribution < 1.29 is 9.90 Å². The van der Waals surface area contributed by atoms with Gasteiger partial charge < -0.3 is 10.4 Å². The molecule has 6 heteroatoms. The predicted molar refractivity (Wildman–Crippen MR) is 91.1 cm³/mol. The first-order valence-electron chi connectivity index (χ1n) is 8.35. The van der Waals surface area contributed by atoms with Gasteiger partial charge in [-0.1, -0.05) is 13.3 Å². The van der Waals surface area contributed by atoms with Crippen molar-refractivity contribution in [2.45, 2.75) is 46.1 Å². The summed E-state index contributed by atoms with van der Waals surface area (Å²) >= 11 is 0. The Bertz CT molecular complexity index is 738. The van der Waals surface area contributed by atoms with E-state index in [-0.39, 0.29) is 24.0 Å². The van der Waals surface area contributed by atoms with Gasteiger partial charge >= 0.3 is 0 Å². The van der Waals surface area contributed by atoms with Gasteiger partial charge in [0.15, 0.2) is 0 Å². The molecule has 2 aromatic rings. The van der Waals surface area contributed by atoms with Gasteiger partial charge in [-0.25, -0.2) is 9.67 Å². The Morgan fingerprint density at radius 3 is 2.67 bits per heavy atom. The van der Waals surface area contributed by atoms with E-state index in [0.29, 0.717) is 5.56 Å². The molecule has 0 spiro atoms. The third-order valence-electron chi connectivity index (χ3n) is 5.00. The average Bonchev–Trinajstić information content (AvgIpc) is 3.10. The molecule has 1 heterocycles. The van der Waals surface area contributed by atoms with Crippen LogP contribution in [0.25, 0.3) is 5.69 Å². The minimum absolute atomic E-state index is 0.0230. The number of rotatable bonds is 4. The highest BCUT2D eigenvalue weighted by molar-refractivity contribution is 5.94. The maximum atomic E-state index is 12.5. The van der Waals surface area contributed by atoms with E-state index in [2.05, 4.69) is 15.4 Å². The van der Waals surface area contributed by atoms with E-state index in [1.165, 1.54) is 0 Å². The maximum Gasteiger partial charge on any atom is 0.251 e. The van der Waals surface area contributed by atoms with Crippen LogP contribution >= 0.6 is 0 Å². The summed E-state index contributed by atoms with van der Waals surface area (Å²) in [4.78, 5) is 16.8. The van der Waals surface area contributed by atoms with E-state index < -0.39 is 0 Å². The normalized spacial score (nSPS) is 23.4. The van der Waals surface area contributed by atoms with Crippen molar-refractivity contribution in [3.8, 4) is 5.69 Å². The second-order valence-corrected chi connectivity index (χ2v) is 6.90. The summed E-state index contributed by atoms with van der Waals surface area (Å²) in [7, 11) is 0. The fraction of sp³-hybridized carbons (Fsp3) is 0.500. The molecule has 1 aliphatic rings. The molecule has 2 N–H and O–H groups in total. The zero-order valence-corrected chi connectivity index (χ0v) is 14.4. The zero-order valence-electron chi connectivity index (χ0n) is 14.4. The number of amides is 1. The van der Waals surface area contributed by atoms with E-state index in [1.807, 2.05) is 32.9 Å². The Morgan fingerprint density at radius 2 is 2.08 bits per heavy atom. The summed E-state index contributed by atoms with van der Waals surface area (Å²) < 4.78 is 1.76. The Kier molecular flexibility index (Phi) is 4.41. The number of nitrogens with one attached hydrogen (secondary N) is 1. The fourth-order valence-corrected chi connectivity index (χ4v) is 3.43. The molecule has 2 unspecified atom stereocenters. The number of benzene rings is 1.